The number of nitrogens with zero attached hydrogens (tertiary/aromatic N) is 2. The van der Waals surface area contributed by atoms with Gasteiger partial charge in [-0.15, -0.1) is 0 Å². The first-order valence-corrected chi connectivity index (χ1v) is 5.78. The molecular weight excluding hydrogens is 254 g/mol. The van der Waals surface area contributed by atoms with Gasteiger partial charge in [-0.3, -0.25) is 14.5 Å². The van der Waals surface area contributed by atoms with Crippen LogP contribution in [0.1, 0.15) is 40.0 Å². The summed E-state index contributed by atoms with van der Waals surface area (Å²) in [5, 5.41) is 8.38. The number of nitriles is 1. The van der Waals surface area contributed by atoms with Gasteiger partial charge in [-0.05, 0) is 25.0 Å². The smallest absolute Gasteiger partial charge is 0.261 e. The number of hydrogen-bond acceptors (Lipinski definition) is 3. The number of unbranched alkanes of at least 4 members (excludes halogenated alkanes) is 2. The number of carbonyl (C=O) groups excluding carboxylic acids is 2. The normalized spacial score (nSPS) is 13.6. The third-order valence-electron chi connectivity index (χ3n) is 2.93. The predicted molar refractivity (Wildman–Crippen MR) is 61.2 cm³/mol. The van der Waals surface area contributed by atoms with Gasteiger partial charge in [0.2, 0.25) is 0 Å². The number of imide groups is 1. The molecule has 1 aliphatic heterocycles. The van der Waals surface area contributed by atoms with Crippen molar-refractivity contribution in [1.82, 2.24) is 4.90 Å². The van der Waals surface area contributed by atoms with Crippen LogP contribution in [0.4, 0.5) is 8.78 Å². The van der Waals surface area contributed by atoms with Gasteiger partial charge in [-0.2, -0.15) is 5.26 Å². The molecule has 0 atom stereocenters. The topological polar surface area (TPSA) is 61.2 Å². The van der Waals surface area contributed by atoms with Crippen LogP contribution in [0.3, 0.4) is 0 Å². The second kappa shape index (κ2) is 5.14. The minimum atomic E-state index is -1.15. The summed E-state index contributed by atoms with van der Waals surface area (Å²) in [5.74, 6) is -3.52. The molecule has 6 heteroatoms. The van der Waals surface area contributed by atoms with E-state index in [-0.39, 0.29) is 17.7 Å². The summed E-state index contributed by atoms with van der Waals surface area (Å²) in [6.07, 6.45) is 1.39. The van der Waals surface area contributed by atoms with Gasteiger partial charge in [0.15, 0.2) is 11.6 Å². The van der Waals surface area contributed by atoms with E-state index in [1.165, 1.54) is 0 Å². The lowest BCUT2D eigenvalue weighted by Gasteiger charge is -2.12. The number of hydrogen-bond donors (Lipinski definition) is 0. The van der Waals surface area contributed by atoms with E-state index in [2.05, 4.69) is 0 Å². The molecule has 1 aromatic rings. The molecule has 0 spiro atoms. The maximum absolute atomic E-state index is 13.1. The van der Waals surface area contributed by atoms with E-state index in [0.717, 1.165) is 17.0 Å². The first-order valence-electron chi connectivity index (χ1n) is 5.78. The zero-order valence-corrected chi connectivity index (χ0v) is 9.95. The van der Waals surface area contributed by atoms with Crippen molar-refractivity contribution in [3.63, 3.8) is 0 Å². The predicted octanol–water partition coefficient (Wildman–Crippen LogP) is 2.25. The molecular formula is C13H10F2N2O2. The monoisotopic (exact) mass is 264 g/mol. The number of rotatable bonds is 4. The van der Waals surface area contributed by atoms with Crippen LogP contribution >= 0.6 is 0 Å². The highest BCUT2D eigenvalue weighted by atomic mass is 19.2. The summed E-state index contributed by atoms with van der Waals surface area (Å²) in [5.41, 5.74) is -0.214. The summed E-state index contributed by atoms with van der Waals surface area (Å²) < 4.78 is 26.1. The lowest BCUT2D eigenvalue weighted by Crippen LogP contribution is -2.30. The van der Waals surface area contributed by atoms with Gasteiger partial charge in [-0.25, -0.2) is 8.78 Å². The molecule has 0 saturated carbocycles. The van der Waals surface area contributed by atoms with E-state index < -0.39 is 23.4 Å². The van der Waals surface area contributed by atoms with Gasteiger partial charge in [0.05, 0.1) is 17.2 Å². The first kappa shape index (κ1) is 13.1. The summed E-state index contributed by atoms with van der Waals surface area (Å²) in [6, 6.07) is 3.46. The molecule has 0 fully saturated rings. The van der Waals surface area contributed by atoms with E-state index in [1.54, 1.807) is 0 Å². The number of carbonyl (C=O) groups is 2. The van der Waals surface area contributed by atoms with Crippen molar-refractivity contribution in [3.8, 4) is 6.07 Å². The molecule has 0 aromatic heterocycles. The Hall–Kier alpha value is -2.29. The van der Waals surface area contributed by atoms with E-state index in [4.69, 9.17) is 5.26 Å². The zero-order chi connectivity index (χ0) is 14.0. The summed E-state index contributed by atoms with van der Waals surface area (Å²) >= 11 is 0. The molecule has 19 heavy (non-hydrogen) atoms. The van der Waals surface area contributed by atoms with Gasteiger partial charge in [0, 0.05) is 13.0 Å². The Morgan fingerprint density at radius 1 is 1.05 bits per heavy atom. The van der Waals surface area contributed by atoms with Gasteiger partial charge in [0.1, 0.15) is 0 Å². The zero-order valence-electron chi connectivity index (χ0n) is 9.95. The van der Waals surface area contributed by atoms with Crippen LogP contribution < -0.4 is 0 Å². The third kappa shape index (κ3) is 2.32. The number of benzene rings is 1. The SMILES string of the molecule is N#CCCCCN1C(=O)c2cc(F)c(F)cc2C1=O. The van der Waals surface area contributed by atoms with Crippen molar-refractivity contribution in [3.05, 3.63) is 34.9 Å². The van der Waals surface area contributed by atoms with Gasteiger partial charge < -0.3 is 0 Å². The highest BCUT2D eigenvalue weighted by Crippen LogP contribution is 2.25. The third-order valence-corrected chi connectivity index (χ3v) is 2.93. The van der Waals surface area contributed by atoms with Gasteiger partial charge in [0.25, 0.3) is 11.8 Å². The number of halogens is 2. The summed E-state index contributed by atoms with van der Waals surface area (Å²) in [6.45, 7) is 0.150. The van der Waals surface area contributed by atoms with Crippen LogP contribution in [0, 0.1) is 23.0 Å². The largest absolute Gasteiger partial charge is 0.274 e. The van der Waals surface area contributed by atoms with E-state index in [1.807, 2.05) is 6.07 Å². The number of fused-ring (bicyclic) bond motifs is 1. The standard InChI is InChI=1S/C13H10F2N2O2/c14-10-6-8-9(7-11(10)15)13(19)17(12(8)18)5-3-1-2-4-16/h6-7H,1-3,5H2. The van der Waals surface area contributed by atoms with Crippen LogP contribution in [-0.2, 0) is 0 Å². The lowest BCUT2D eigenvalue weighted by atomic mass is 10.1. The molecule has 2 amide bonds. The Morgan fingerprint density at radius 2 is 1.58 bits per heavy atom. The van der Waals surface area contributed by atoms with Crippen LogP contribution in [-0.4, -0.2) is 23.3 Å². The van der Waals surface area contributed by atoms with Gasteiger partial charge >= 0.3 is 0 Å². The first-order chi connectivity index (χ1) is 9.06. The quantitative estimate of drug-likeness (QED) is 0.619. The fraction of sp³-hybridized carbons (Fsp3) is 0.308. The van der Waals surface area contributed by atoms with Crippen molar-refractivity contribution in [2.45, 2.75) is 19.3 Å². The molecule has 1 aromatic carbocycles. The molecule has 98 valence electrons. The molecule has 0 unspecified atom stereocenters. The second-order valence-electron chi connectivity index (χ2n) is 4.19. The van der Waals surface area contributed by atoms with E-state index in [0.29, 0.717) is 19.3 Å². The minimum Gasteiger partial charge on any atom is -0.274 e. The molecule has 1 heterocycles. The van der Waals surface area contributed by atoms with Crippen molar-refractivity contribution in [1.29, 1.82) is 5.26 Å². The highest BCUT2D eigenvalue weighted by Gasteiger charge is 2.36. The Balaban J connectivity index is 2.18. The number of amides is 2. The maximum atomic E-state index is 13.1. The molecule has 0 radical (unpaired) electrons. The molecule has 0 N–H and O–H groups in total. The van der Waals surface area contributed by atoms with Gasteiger partial charge in [-0.1, -0.05) is 0 Å². The van der Waals surface area contributed by atoms with Crippen molar-refractivity contribution in [2.75, 3.05) is 6.54 Å². The average Bonchev–Trinajstić information content (AvgIpc) is 2.60. The fourth-order valence-electron chi connectivity index (χ4n) is 1.96. The Labute approximate surface area is 108 Å². The van der Waals surface area contributed by atoms with Crippen LogP contribution in [0.2, 0.25) is 0 Å². The van der Waals surface area contributed by atoms with E-state index >= 15 is 0 Å². The lowest BCUT2D eigenvalue weighted by molar-refractivity contribution is 0.0651. The molecule has 4 nitrogen and oxygen atoms in total. The molecule has 0 saturated heterocycles. The maximum Gasteiger partial charge on any atom is 0.261 e. The molecule has 0 bridgehead atoms. The molecule has 2 rings (SSSR count). The minimum absolute atomic E-state index is 0.107. The second-order valence-corrected chi connectivity index (χ2v) is 4.19. The Kier molecular flexibility index (Phi) is 3.56. The average molecular weight is 264 g/mol. The van der Waals surface area contributed by atoms with E-state index in [9.17, 15) is 18.4 Å². The summed E-state index contributed by atoms with van der Waals surface area (Å²) in [4.78, 5) is 24.7. The van der Waals surface area contributed by atoms with Crippen LogP contribution in [0.15, 0.2) is 12.1 Å². The Bertz CT molecular complexity index is 552. The summed E-state index contributed by atoms with van der Waals surface area (Å²) in [7, 11) is 0. The van der Waals surface area contributed by atoms with Crippen molar-refractivity contribution >= 4 is 11.8 Å². The van der Waals surface area contributed by atoms with Crippen molar-refractivity contribution in [2.24, 2.45) is 0 Å². The highest BCUT2D eigenvalue weighted by molar-refractivity contribution is 6.21. The van der Waals surface area contributed by atoms with Crippen LogP contribution in [0.5, 0.6) is 0 Å². The molecule has 1 aliphatic rings. The fourth-order valence-corrected chi connectivity index (χ4v) is 1.96. The molecule has 0 aliphatic carbocycles. The Morgan fingerprint density at radius 3 is 2.05 bits per heavy atom. The van der Waals surface area contributed by atoms with Crippen molar-refractivity contribution < 1.29 is 18.4 Å². The van der Waals surface area contributed by atoms with Crippen LogP contribution in [0.25, 0.3) is 0 Å².